The van der Waals surface area contributed by atoms with Crippen LogP contribution in [0.5, 0.6) is 5.75 Å². The molecule has 0 unspecified atom stereocenters. The second-order valence-corrected chi connectivity index (χ2v) is 4.37. The molecule has 0 aliphatic rings. The van der Waals surface area contributed by atoms with Gasteiger partial charge in [0, 0.05) is 16.8 Å². The summed E-state index contributed by atoms with van der Waals surface area (Å²) in [7, 11) is 1.26. The van der Waals surface area contributed by atoms with Crippen LogP contribution in [0.25, 0.3) is 11.1 Å². The van der Waals surface area contributed by atoms with E-state index in [1.54, 1.807) is 24.4 Å². The van der Waals surface area contributed by atoms with Crippen LogP contribution in [0.1, 0.15) is 0 Å². The lowest BCUT2D eigenvalue weighted by Crippen LogP contribution is -2.09. The number of hydrogen-bond donors (Lipinski definition) is 0. The summed E-state index contributed by atoms with van der Waals surface area (Å²) < 4.78 is 9.81. The van der Waals surface area contributed by atoms with Crippen molar-refractivity contribution in [3.8, 4) is 16.9 Å². The number of methoxy groups -OCH3 is 1. The predicted octanol–water partition coefficient (Wildman–Crippen LogP) is 3.47. The summed E-state index contributed by atoms with van der Waals surface area (Å²) in [6.45, 7) is 3.49. The lowest BCUT2D eigenvalue weighted by molar-refractivity contribution is -0.138. The average molecular weight is 290 g/mol. The van der Waals surface area contributed by atoms with E-state index in [1.165, 1.54) is 13.3 Å². The second-order valence-electron chi connectivity index (χ2n) is 3.93. The quantitative estimate of drug-likeness (QED) is 0.491. The van der Waals surface area contributed by atoms with Crippen LogP contribution >= 0.6 is 11.6 Å². The maximum atomic E-state index is 11.2. The van der Waals surface area contributed by atoms with E-state index in [1.807, 2.05) is 12.1 Å². The summed E-state index contributed by atoms with van der Waals surface area (Å²) in [6.07, 6.45) is 3.19. The van der Waals surface area contributed by atoms with Crippen molar-refractivity contribution in [1.29, 1.82) is 0 Å². The predicted molar refractivity (Wildman–Crippen MR) is 76.5 cm³/mol. The van der Waals surface area contributed by atoms with Gasteiger partial charge in [-0.05, 0) is 30.3 Å². The zero-order valence-electron chi connectivity index (χ0n) is 10.8. The average Bonchev–Trinajstić information content (AvgIpc) is 2.47. The maximum absolute atomic E-state index is 11.2. The summed E-state index contributed by atoms with van der Waals surface area (Å²) >= 11 is 5.85. The highest BCUT2D eigenvalue weighted by atomic mass is 35.5. The monoisotopic (exact) mass is 289 g/mol. The fraction of sp³-hybridized carbons (Fsp3) is 0.0667. The summed E-state index contributed by atoms with van der Waals surface area (Å²) in [6, 6.07) is 9.08. The molecule has 0 fully saturated rings. The Morgan fingerprint density at radius 3 is 2.55 bits per heavy atom. The highest BCUT2D eigenvalue weighted by molar-refractivity contribution is 6.30. The van der Waals surface area contributed by atoms with Gasteiger partial charge in [-0.2, -0.15) is 0 Å². The van der Waals surface area contributed by atoms with Crippen molar-refractivity contribution >= 4 is 17.6 Å². The smallest absolute Gasteiger partial charge is 0.373 e. The maximum Gasteiger partial charge on any atom is 0.373 e. The van der Waals surface area contributed by atoms with Crippen LogP contribution in [0.2, 0.25) is 5.02 Å². The lowest BCUT2D eigenvalue weighted by atomic mass is 10.1. The van der Waals surface area contributed by atoms with Crippen molar-refractivity contribution in [3.05, 3.63) is 60.1 Å². The van der Waals surface area contributed by atoms with E-state index >= 15 is 0 Å². The van der Waals surface area contributed by atoms with Crippen molar-refractivity contribution in [2.45, 2.75) is 0 Å². The standard InChI is InChI=1S/C15H12ClNO3/c1-10(15(18)19-2)20-14-7-12(8-17-9-14)11-3-5-13(16)6-4-11/h3-9H,1H2,2H3. The van der Waals surface area contributed by atoms with E-state index < -0.39 is 5.97 Å². The number of benzene rings is 1. The molecule has 0 bridgehead atoms. The van der Waals surface area contributed by atoms with Gasteiger partial charge in [0.15, 0.2) is 0 Å². The molecule has 0 saturated heterocycles. The van der Waals surface area contributed by atoms with Crippen LogP contribution in [0.15, 0.2) is 55.1 Å². The molecule has 0 N–H and O–H groups in total. The molecule has 0 amide bonds. The van der Waals surface area contributed by atoms with Gasteiger partial charge in [-0.1, -0.05) is 23.7 Å². The first-order valence-corrected chi connectivity index (χ1v) is 6.14. The van der Waals surface area contributed by atoms with Gasteiger partial charge < -0.3 is 9.47 Å². The molecule has 0 radical (unpaired) electrons. The first-order valence-electron chi connectivity index (χ1n) is 5.76. The van der Waals surface area contributed by atoms with E-state index in [0.29, 0.717) is 10.8 Å². The molecule has 5 heteroatoms. The van der Waals surface area contributed by atoms with E-state index in [-0.39, 0.29) is 5.76 Å². The lowest BCUT2D eigenvalue weighted by Gasteiger charge is -2.08. The summed E-state index contributed by atoms with van der Waals surface area (Å²) in [5, 5.41) is 0.660. The molecule has 0 atom stereocenters. The number of pyridine rings is 1. The van der Waals surface area contributed by atoms with E-state index in [9.17, 15) is 4.79 Å². The number of aromatic nitrogens is 1. The fourth-order valence-electron chi connectivity index (χ4n) is 1.57. The molecule has 0 spiro atoms. The van der Waals surface area contributed by atoms with Gasteiger partial charge in [0.05, 0.1) is 13.3 Å². The number of carbonyl (C=O) groups excluding carboxylic acids is 1. The van der Waals surface area contributed by atoms with Crippen LogP contribution in [0, 0.1) is 0 Å². The first kappa shape index (κ1) is 14.1. The molecular weight excluding hydrogens is 278 g/mol. The molecule has 1 aromatic heterocycles. The number of halogens is 1. The molecule has 1 aromatic carbocycles. The van der Waals surface area contributed by atoms with Gasteiger partial charge in [-0.25, -0.2) is 4.79 Å². The third kappa shape index (κ3) is 3.36. The van der Waals surface area contributed by atoms with E-state index in [4.69, 9.17) is 16.3 Å². The minimum absolute atomic E-state index is 0.0949. The Hall–Kier alpha value is -2.33. The topological polar surface area (TPSA) is 48.4 Å². The largest absolute Gasteiger partial charge is 0.463 e. The molecule has 2 aromatic rings. The van der Waals surface area contributed by atoms with Gasteiger partial charge >= 0.3 is 5.97 Å². The molecule has 1 heterocycles. The van der Waals surface area contributed by atoms with Crippen LogP contribution in [-0.4, -0.2) is 18.1 Å². The summed E-state index contributed by atoms with van der Waals surface area (Å²) in [5.74, 6) is -0.308. The third-order valence-corrected chi connectivity index (χ3v) is 2.80. The van der Waals surface area contributed by atoms with Crippen LogP contribution in [-0.2, 0) is 9.53 Å². The molecule has 0 aliphatic heterocycles. The van der Waals surface area contributed by atoms with Crippen molar-refractivity contribution < 1.29 is 14.3 Å². The number of carbonyl (C=O) groups is 1. The van der Waals surface area contributed by atoms with Crippen molar-refractivity contribution in [3.63, 3.8) is 0 Å². The van der Waals surface area contributed by atoms with Gasteiger partial charge in [0.25, 0.3) is 0 Å². The molecule has 0 aliphatic carbocycles. The Kier molecular flexibility index (Phi) is 4.38. The van der Waals surface area contributed by atoms with Gasteiger partial charge in [0.1, 0.15) is 5.75 Å². The van der Waals surface area contributed by atoms with Crippen LogP contribution in [0.4, 0.5) is 0 Å². The van der Waals surface area contributed by atoms with Crippen LogP contribution in [0.3, 0.4) is 0 Å². The zero-order valence-corrected chi connectivity index (χ0v) is 11.6. The molecule has 4 nitrogen and oxygen atoms in total. The Labute approximate surface area is 121 Å². The van der Waals surface area contributed by atoms with Crippen molar-refractivity contribution in [2.24, 2.45) is 0 Å². The Bertz CT molecular complexity index is 638. The van der Waals surface area contributed by atoms with Crippen molar-refractivity contribution in [2.75, 3.05) is 7.11 Å². The van der Waals surface area contributed by atoms with E-state index in [0.717, 1.165) is 11.1 Å². The number of rotatable bonds is 4. The summed E-state index contributed by atoms with van der Waals surface area (Å²) in [4.78, 5) is 15.3. The minimum Gasteiger partial charge on any atom is -0.463 e. The van der Waals surface area contributed by atoms with E-state index in [2.05, 4.69) is 16.3 Å². The van der Waals surface area contributed by atoms with Crippen molar-refractivity contribution in [1.82, 2.24) is 4.98 Å². The summed E-state index contributed by atoms with van der Waals surface area (Å²) in [5.41, 5.74) is 1.79. The normalized spacial score (nSPS) is 9.90. The molecular formula is C15H12ClNO3. The molecule has 20 heavy (non-hydrogen) atoms. The number of ether oxygens (including phenoxy) is 2. The minimum atomic E-state index is -0.623. The number of hydrogen-bond acceptors (Lipinski definition) is 4. The number of esters is 1. The highest BCUT2D eigenvalue weighted by Gasteiger charge is 2.10. The third-order valence-electron chi connectivity index (χ3n) is 2.54. The Morgan fingerprint density at radius 2 is 1.90 bits per heavy atom. The second kappa shape index (κ2) is 6.21. The van der Waals surface area contributed by atoms with Crippen LogP contribution < -0.4 is 4.74 Å². The van der Waals surface area contributed by atoms with Gasteiger partial charge in [-0.3, -0.25) is 4.98 Å². The first-order chi connectivity index (χ1) is 9.60. The molecule has 0 saturated carbocycles. The SMILES string of the molecule is C=C(Oc1cncc(-c2ccc(Cl)cc2)c1)C(=O)OC. The Morgan fingerprint density at radius 1 is 1.20 bits per heavy atom. The molecule has 102 valence electrons. The Balaban J connectivity index is 2.22. The van der Waals surface area contributed by atoms with Gasteiger partial charge in [0.2, 0.25) is 5.76 Å². The fourth-order valence-corrected chi connectivity index (χ4v) is 1.70. The zero-order chi connectivity index (χ0) is 14.5. The highest BCUT2D eigenvalue weighted by Crippen LogP contribution is 2.24. The number of nitrogens with zero attached hydrogens (tertiary/aromatic N) is 1. The molecule has 2 rings (SSSR count). The van der Waals surface area contributed by atoms with Gasteiger partial charge in [-0.15, -0.1) is 0 Å².